The molecule has 2 heterocycles. The van der Waals surface area contributed by atoms with Gasteiger partial charge in [0.25, 0.3) is 5.56 Å². The van der Waals surface area contributed by atoms with Gasteiger partial charge in [-0.15, -0.1) is 0 Å². The molecule has 7 heteroatoms. The fraction of sp³-hybridized carbons (Fsp3) is 0.176. The van der Waals surface area contributed by atoms with E-state index in [-0.39, 0.29) is 11.5 Å². The Morgan fingerprint density at radius 2 is 2.04 bits per heavy atom. The third-order valence-corrected chi connectivity index (χ3v) is 4.45. The molecular weight excluding hydrogens is 326 g/mol. The van der Waals surface area contributed by atoms with Gasteiger partial charge in [-0.2, -0.15) is 0 Å². The summed E-state index contributed by atoms with van der Waals surface area (Å²) in [6.07, 6.45) is 1.65. The number of hydrogen-bond acceptors (Lipinski definition) is 6. The summed E-state index contributed by atoms with van der Waals surface area (Å²) in [6.45, 7) is 2.09. The number of nitrogens with zero attached hydrogens (tertiary/aromatic N) is 3. The highest BCUT2D eigenvalue weighted by molar-refractivity contribution is 7.15. The zero-order chi connectivity index (χ0) is 17.1. The van der Waals surface area contributed by atoms with Crippen LogP contribution in [0, 0.1) is 0 Å². The summed E-state index contributed by atoms with van der Waals surface area (Å²) in [5.41, 5.74) is 0.969. The maximum Gasteiger partial charge on any atom is 0.338 e. The van der Waals surface area contributed by atoms with Crippen molar-refractivity contribution in [3.05, 3.63) is 63.3 Å². The highest BCUT2D eigenvalue weighted by atomic mass is 32.1. The van der Waals surface area contributed by atoms with Gasteiger partial charge in [-0.25, -0.2) is 14.8 Å². The predicted molar refractivity (Wildman–Crippen MR) is 92.5 cm³/mol. The molecule has 3 aromatic rings. The lowest BCUT2D eigenvalue weighted by atomic mass is 10.2. The van der Waals surface area contributed by atoms with Crippen molar-refractivity contribution in [3.8, 4) is 0 Å². The van der Waals surface area contributed by atoms with Crippen molar-refractivity contribution in [2.75, 3.05) is 6.61 Å². The van der Waals surface area contributed by atoms with Crippen molar-refractivity contribution >= 4 is 33.2 Å². The van der Waals surface area contributed by atoms with Gasteiger partial charge in [-0.3, -0.25) is 9.36 Å². The van der Waals surface area contributed by atoms with Crippen molar-refractivity contribution in [1.82, 2.24) is 9.55 Å². The van der Waals surface area contributed by atoms with Crippen LogP contribution in [-0.2, 0) is 11.8 Å². The number of hydrogen-bond donors (Lipinski definition) is 0. The maximum absolute atomic E-state index is 12.4. The molecule has 0 N–H and O–H groups in total. The van der Waals surface area contributed by atoms with Crippen molar-refractivity contribution in [1.29, 1.82) is 0 Å². The number of rotatable bonds is 3. The molecule has 0 saturated carbocycles. The second-order valence-corrected chi connectivity index (χ2v) is 5.94. The Hall–Kier alpha value is -2.80. The van der Waals surface area contributed by atoms with Crippen LogP contribution in [-0.4, -0.2) is 22.1 Å². The van der Waals surface area contributed by atoms with E-state index in [2.05, 4.69) is 9.98 Å². The predicted octanol–water partition coefficient (Wildman–Crippen LogP) is 2.40. The second-order valence-electron chi connectivity index (χ2n) is 4.98. The first-order chi connectivity index (χ1) is 11.6. The smallest absolute Gasteiger partial charge is 0.338 e. The van der Waals surface area contributed by atoms with Crippen molar-refractivity contribution in [2.24, 2.45) is 12.0 Å². The second kappa shape index (κ2) is 6.76. The number of fused-ring (bicyclic) bond motifs is 1. The molecule has 1 aromatic carbocycles. The van der Waals surface area contributed by atoms with Gasteiger partial charge in [-0.1, -0.05) is 11.3 Å². The van der Waals surface area contributed by atoms with Gasteiger partial charge in [0.2, 0.25) is 0 Å². The number of aromatic nitrogens is 2. The SMILES string of the molecule is CCOC(=O)c1ccc(/N=c2/sc3ncccc3c(=O)n2C)cc1. The molecule has 6 nitrogen and oxygen atoms in total. The largest absolute Gasteiger partial charge is 0.462 e. The molecule has 0 fully saturated rings. The van der Waals surface area contributed by atoms with Gasteiger partial charge in [0.15, 0.2) is 4.80 Å². The van der Waals surface area contributed by atoms with Gasteiger partial charge >= 0.3 is 5.97 Å². The van der Waals surface area contributed by atoms with E-state index in [1.54, 1.807) is 56.6 Å². The van der Waals surface area contributed by atoms with Gasteiger partial charge in [0.05, 0.1) is 23.2 Å². The summed E-state index contributed by atoms with van der Waals surface area (Å²) in [6, 6.07) is 10.2. The van der Waals surface area contributed by atoms with Crippen molar-refractivity contribution in [2.45, 2.75) is 6.92 Å². The molecule has 0 spiro atoms. The van der Waals surface area contributed by atoms with E-state index >= 15 is 0 Å². The summed E-state index contributed by atoms with van der Waals surface area (Å²) in [7, 11) is 1.68. The number of benzene rings is 1. The number of pyridine rings is 1. The monoisotopic (exact) mass is 341 g/mol. The van der Waals surface area contributed by atoms with E-state index in [4.69, 9.17) is 4.74 Å². The number of carbonyl (C=O) groups excluding carboxylic acids is 1. The Labute approximate surface area is 141 Å². The summed E-state index contributed by atoms with van der Waals surface area (Å²) in [4.78, 5) is 33.9. The average molecular weight is 341 g/mol. The van der Waals surface area contributed by atoms with Crippen LogP contribution in [0.15, 0.2) is 52.4 Å². The Balaban J connectivity index is 2.06. The fourth-order valence-electron chi connectivity index (χ4n) is 2.15. The van der Waals surface area contributed by atoms with Crippen LogP contribution in [0.1, 0.15) is 17.3 Å². The maximum atomic E-state index is 12.4. The summed E-state index contributed by atoms with van der Waals surface area (Å²) in [5, 5.41) is 0.571. The first kappa shape index (κ1) is 16.1. The molecular formula is C17H15N3O3S. The fourth-order valence-corrected chi connectivity index (χ4v) is 3.07. The normalized spacial score (nSPS) is 11.7. The minimum atomic E-state index is -0.367. The van der Waals surface area contributed by atoms with E-state index in [1.165, 1.54) is 15.9 Å². The minimum Gasteiger partial charge on any atom is -0.462 e. The Bertz CT molecular complexity index is 1020. The molecule has 0 aliphatic rings. The molecule has 122 valence electrons. The van der Waals surface area contributed by atoms with E-state index in [0.717, 1.165) is 0 Å². The molecule has 0 amide bonds. The summed E-state index contributed by atoms with van der Waals surface area (Å²) >= 11 is 1.33. The average Bonchev–Trinajstić information content (AvgIpc) is 2.60. The molecule has 0 unspecified atom stereocenters. The molecule has 3 rings (SSSR count). The molecule has 0 atom stereocenters. The van der Waals surface area contributed by atoms with Crippen LogP contribution < -0.4 is 10.4 Å². The minimum absolute atomic E-state index is 0.140. The van der Waals surface area contributed by atoms with E-state index < -0.39 is 0 Å². The highest BCUT2D eigenvalue weighted by Gasteiger charge is 2.07. The highest BCUT2D eigenvalue weighted by Crippen LogP contribution is 2.14. The van der Waals surface area contributed by atoms with Gasteiger partial charge in [0, 0.05) is 13.2 Å². The van der Waals surface area contributed by atoms with E-state index in [9.17, 15) is 9.59 Å². The summed E-state index contributed by atoms with van der Waals surface area (Å²) in [5.74, 6) is -0.367. The lowest BCUT2D eigenvalue weighted by molar-refractivity contribution is 0.0526. The summed E-state index contributed by atoms with van der Waals surface area (Å²) < 4.78 is 6.44. The number of ether oxygens (including phenoxy) is 1. The van der Waals surface area contributed by atoms with Gasteiger partial charge in [-0.05, 0) is 43.3 Å². The molecule has 0 radical (unpaired) electrons. The van der Waals surface area contributed by atoms with Gasteiger partial charge < -0.3 is 4.74 Å². The standard InChI is InChI=1S/C17H15N3O3S/c1-3-23-16(22)11-6-8-12(9-7-11)19-17-20(2)15(21)13-5-4-10-18-14(13)24-17/h4-10H,3H2,1-2H3/b19-17+. The lowest BCUT2D eigenvalue weighted by Crippen LogP contribution is -2.28. The van der Waals surface area contributed by atoms with Gasteiger partial charge in [0.1, 0.15) is 4.83 Å². The van der Waals surface area contributed by atoms with Crippen LogP contribution in [0.4, 0.5) is 5.69 Å². The molecule has 0 saturated heterocycles. The van der Waals surface area contributed by atoms with Crippen LogP contribution in [0.3, 0.4) is 0 Å². The molecule has 2 aromatic heterocycles. The van der Waals surface area contributed by atoms with Crippen molar-refractivity contribution < 1.29 is 9.53 Å². The molecule has 0 bridgehead atoms. The lowest BCUT2D eigenvalue weighted by Gasteiger charge is -2.03. The number of esters is 1. The first-order valence-electron chi connectivity index (χ1n) is 7.37. The topological polar surface area (TPSA) is 73.6 Å². The van der Waals surface area contributed by atoms with E-state index in [1.807, 2.05) is 0 Å². The van der Waals surface area contributed by atoms with Crippen LogP contribution in [0.5, 0.6) is 0 Å². The first-order valence-corrected chi connectivity index (χ1v) is 8.18. The van der Waals surface area contributed by atoms with Crippen LogP contribution in [0.2, 0.25) is 0 Å². The Morgan fingerprint density at radius 1 is 1.29 bits per heavy atom. The van der Waals surface area contributed by atoms with Crippen molar-refractivity contribution in [3.63, 3.8) is 0 Å². The quantitative estimate of drug-likeness (QED) is 0.686. The van der Waals surface area contributed by atoms with Crippen LogP contribution >= 0.6 is 11.3 Å². The third-order valence-electron chi connectivity index (χ3n) is 3.38. The Kier molecular flexibility index (Phi) is 4.52. The third kappa shape index (κ3) is 3.11. The molecule has 24 heavy (non-hydrogen) atoms. The molecule has 0 aliphatic heterocycles. The van der Waals surface area contributed by atoms with Crippen LogP contribution in [0.25, 0.3) is 10.2 Å². The zero-order valence-corrected chi connectivity index (χ0v) is 14.0. The Morgan fingerprint density at radius 3 is 2.75 bits per heavy atom. The zero-order valence-electron chi connectivity index (χ0n) is 13.2. The van der Waals surface area contributed by atoms with E-state index in [0.29, 0.717) is 32.9 Å². The number of carbonyl (C=O) groups is 1. The molecule has 0 aliphatic carbocycles.